The minimum atomic E-state index is -0.413. The molecule has 166 valence electrons. The second-order valence-electron chi connectivity index (χ2n) is 7.94. The van der Waals surface area contributed by atoms with Gasteiger partial charge in [0, 0.05) is 27.6 Å². The van der Waals surface area contributed by atoms with Crippen LogP contribution in [0.25, 0.3) is 0 Å². The first kappa shape index (κ1) is 23.0. The molecule has 32 heavy (non-hydrogen) atoms. The molecule has 0 saturated heterocycles. The molecule has 0 radical (unpaired) electrons. The van der Waals surface area contributed by atoms with Crippen LogP contribution in [0.4, 0.5) is 5.69 Å². The number of carbonyl (C=O) groups excluding carboxylic acids is 1. The third-order valence-electron chi connectivity index (χ3n) is 6.10. The molecular weight excluding hydrogens is 458 g/mol. The quantitative estimate of drug-likeness (QED) is 0.479. The number of nitriles is 1. The van der Waals surface area contributed by atoms with Crippen LogP contribution in [-0.4, -0.2) is 11.5 Å². The topological polar surface area (TPSA) is 70.1 Å². The van der Waals surface area contributed by atoms with Crippen molar-refractivity contribution >= 4 is 46.2 Å². The number of ketones is 1. The van der Waals surface area contributed by atoms with Crippen LogP contribution in [0.5, 0.6) is 0 Å². The number of nitrogens with zero attached hydrogens (tertiary/aromatic N) is 2. The number of hydrogen-bond donors (Lipinski definition) is 1. The minimum absolute atomic E-state index is 0.109. The molecule has 2 aromatic rings. The Kier molecular flexibility index (Phi) is 6.71. The van der Waals surface area contributed by atoms with Gasteiger partial charge in [0.15, 0.2) is 5.78 Å². The second-order valence-corrected chi connectivity index (χ2v) is 11.0. The molecule has 1 aromatic heterocycles. The molecule has 2 aliphatic rings. The van der Waals surface area contributed by atoms with Crippen LogP contribution in [0, 0.1) is 18.3 Å². The molecule has 2 heterocycles. The van der Waals surface area contributed by atoms with Gasteiger partial charge in [0.2, 0.25) is 0 Å². The van der Waals surface area contributed by atoms with Crippen molar-refractivity contribution in [2.24, 2.45) is 5.73 Å². The van der Waals surface area contributed by atoms with Gasteiger partial charge >= 0.3 is 0 Å². The molecule has 7 heteroatoms. The molecule has 4 rings (SSSR count). The molecule has 2 N–H and O–H groups in total. The molecule has 0 bridgehead atoms. The Hall–Kier alpha value is -2.20. The average Bonchev–Trinajstić information content (AvgIpc) is 3.18. The second kappa shape index (κ2) is 9.35. The summed E-state index contributed by atoms with van der Waals surface area (Å²) in [6, 6.07) is 10.2. The number of rotatable bonds is 5. The Morgan fingerprint density at radius 1 is 1.34 bits per heavy atom. The van der Waals surface area contributed by atoms with E-state index in [9.17, 15) is 10.1 Å². The van der Waals surface area contributed by atoms with Crippen molar-refractivity contribution in [3.8, 4) is 6.07 Å². The van der Waals surface area contributed by atoms with Crippen molar-refractivity contribution in [1.29, 1.82) is 5.26 Å². The summed E-state index contributed by atoms with van der Waals surface area (Å²) < 4.78 is 1.17. The van der Waals surface area contributed by atoms with Gasteiger partial charge in [-0.1, -0.05) is 31.5 Å². The van der Waals surface area contributed by atoms with E-state index in [1.807, 2.05) is 30.0 Å². The number of aryl methyl sites for hydroxylation is 1. The van der Waals surface area contributed by atoms with Gasteiger partial charge in [-0.05, 0) is 61.3 Å². The van der Waals surface area contributed by atoms with Gasteiger partial charge in [0.05, 0.1) is 27.5 Å². The SMILES string of the molecule is CCSc1sc(CC)cc1[C@H]1C(C#N)=C(N)N(c2cccc(Cl)c2C)C2=C1C(=O)CCC2. The number of thioether (sulfide) groups is 1. The van der Waals surface area contributed by atoms with Crippen LogP contribution in [0.2, 0.25) is 5.02 Å². The summed E-state index contributed by atoms with van der Waals surface area (Å²) >= 11 is 9.95. The number of thiophene rings is 1. The maximum absolute atomic E-state index is 13.4. The van der Waals surface area contributed by atoms with Gasteiger partial charge in [0.1, 0.15) is 5.82 Å². The van der Waals surface area contributed by atoms with Crippen molar-refractivity contribution in [2.75, 3.05) is 10.7 Å². The molecule has 0 unspecified atom stereocenters. The minimum Gasteiger partial charge on any atom is -0.384 e. The highest BCUT2D eigenvalue weighted by Crippen LogP contribution is 2.50. The molecule has 0 fully saturated rings. The maximum atomic E-state index is 13.4. The fourth-order valence-corrected chi connectivity index (χ4v) is 7.12. The first-order valence-corrected chi connectivity index (χ1v) is 13.1. The smallest absolute Gasteiger partial charge is 0.161 e. The summed E-state index contributed by atoms with van der Waals surface area (Å²) in [4.78, 5) is 16.5. The van der Waals surface area contributed by atoms with Gasteiger partial charge in [0.25, 0.3) is 0 Å². The standard InChI is InChI=1S/C25H26ClN3OS2/c1-4-15-12-16(25(32-15)31-5-2)22-17(13-27)24(28)29(19-9-6-8-18(26)14(19)3)20-10-7-11-21(30)23(20)22/h6,8-9,12,22H,4-5,7,10-11,28H2,1-3H3/t22-/m0/s1. The fourth-order valence-electron chi connectivity index (χ4n) is 4.57. The fraction of sp³-hybridized carbons (Fsp3) is 0.360. The van der Waals surface area contributed by atoms with E-state index in [1.165, 1.54) is 9.09 Å². The van der Waals surface area contributed by atoms with E-state index in [0.29, 0.717) is 22.8 Å². The van der Waals surface area contributed by atoms with Crippen LogP contribution in [0.15, 0.2) is 51.1 Å². The Bertz CT molecular complexity index is 1190. The van der Waals surface area contributed by atoms with E-state index >= 15 is 0 Å². The Labute approximate surface area is 202 Å². The molecule has 4 nitrogen and oxygen atoms in total. The summed E-state index contributed by atoms with van der Waals surface area (Å²) in [5.74, 6) is 1.02. The lowest BCUT2D eigenvalue weighted by Gasteiger charge is -2.40. The van der Waals surface area contributed by atoms with Crippen LogP contribution in [-0.2, 0) is 11.2 Å². The van der Waals surface area contributed by atoms with Crippen LogP contribution in [0.1, 0.15) is 55.0 Å². The predicted molar refractivity (Wildman–Crippen MR) is 134 cm³/mol. The van der Waals surface area contributed by atoms with Gasteiger partial charge < -0.3 is 5.73 Å². The lowest BCUT2D eigenvalue weighted by Crippen LogP contribution is -2.39. The summed E-state index contributed by atoms with van der Waals surface area (Å²) in [6.45, 7) is 6.19. The number of halogens is 1. The van der Waals surface area contributed by atoms with E-state index < -0.39 is 5.92 Å². The number of hydrogen-bond acceptors (Lipinski definition) is 6. The number of nitrogens with two attached hydrogens (primary N) is 1. The zero-order chi connectivity index (χ0) is 23.0. The van der Waals surface area contributed by atoms with E-state index in [-0.39, 0.29) is 5.78 Å². The first-order chi connectivity index (χ1) is 15.4. The molecular formula is C25H26ClN3OS2. The van der Waals surface area contributed by atoms with E-state index in [4.69, 9.17) is 17.3 Å². The van der Waals surface area contributed by atoms with Crippen LogP contribution in [0.3, 0.4) is 0 Å². The highest BCUT2D eigenvalue weighted by molar-refractivity contribution is 8.01. The van der Waals surface area contributed by atoms with Crippen molar-refractivity contribution in [3.63, 3.8) is 0 Å². The number of benzene rings is 1. The summed E-state index contributed by atoms with van der Waals surface area (Å²) in [5.41, 5.74) is 11.5. The Morgan fingerprint density at radius 3 is 2.81 bits per heavy atom. The summed E-state index contributed by atoms with van der Waals surface area (Å²) in [6.07, 6.45) is 2.93. The third kappa shape index (κ3) is 3.77. The molecule has 0 saturated carbocycles. The highest BCUT2D eigenvalue weighted by Gasteiger charge is 2.42. The molecule has 1 atom stereocenters. The van der Waals surface area contributed by atoms with Gasteiger partial charge in [-0.3, -0.25) is 9.69 Å². The first-order valence-electron chi connectivity index (χ1n) is 10.9. The molecule has 0 spiro atoms. The summed E-state index contributed by atoms with van der Waals surface area (Å²) in [7, 11) is 0. The Morgan fingerprint density at radius 2 is 2.12 bits per heavy atom. The van der Waals surface area contributed by atoms with Crippen molar-refractivity contribution in [1.82, 2.24) is 0 Å². The predicted octanol–water partition coefficient (Wildman–Crippen LogP) is 6.69. The van der Waals surface area contributed by atoms with E-state index in [2.05, 4.69) is 26.0 Å². The number of carbonyl (C=O) groups is 1. The van der Waals surface area contributed by atoms with Gasteiger partial charge in [-0.2, -0.15) is 5.26 Å². The van der Waals surface area contributed by atoms with E-state index in [0.717, 1.165) is 53.1 Å². The lowest BCUT2D eigenvalue weighted by atomic mass is 9.76. The molecule has 1 aromatic carbocycles. The zero-order valence-electron chi connectivity index (χ0n) is 18.5. The van der Waals surface area contributed by atoms with Gasteiger partial charge in [-0.15, -0.1) is 23.1 Å². The largest absolute Gasteiger partial charge is 0.384 e. The van der Waals surface area contributed by atoms with Crippen LogP contribution >= 0.6 is 34.7 Å². The maximum Gasteiger partial charge on any atom is 0.161 e. The molecule has 1 aliphatic carbocycles. The van der Waals surface area contributed by atoms with Crippen molar-refractivity contribution in [3.05, 3.63) is 68.0 Å². The van der Waals surface area contributed by atoms with Gasteiger partial charge in [-0.25, -0.2) is 0 Å². The lowest BCUT2D eigenvalue weighted by molar-refractivity contribution is -0.116. The monoisotopic (exact) mass is 483 g/mol. The summed E-state index contributed by atoms with van der Waals surface area (Å²) in [5, 5.41) is 10.9. The normalized spacial score (nSPS) is 18.8. The number of anilines is 1. The van der Waals surface area contributed by atoms with Crippen molar-refractivity contribution < 1.29 is 4.79 Å². The third-order valence-corrected chi connectivity index (χ3v) is 8.99. The highest BCUT2D eigenvalue weighted by atomic mass is 35.5. The average molecular weight is 484 g/mol. The number of allylic oxidation sites excluding steroid dienone is 3. The molecule has 1 aliphatic heterocycles. The zero-order valence-corrected chi connectivity index (χ0v) is 20.9. The van der Waals surface area contributed by atoms with Crippen LogP contribution < -0.4 is 10.6 Å². The van der Waals surface area contributed by atoms with E-state index in [1.54, 1.807) is 23.1 Å². The Balaban J connectivity index is 2.00. The number of Topliss-reactive ketones (excluding diaryl/α,β-unsaturated/α-hetero) is 1. The molecule has 0 amide bonds. The van der Waals surface area contributed by atoms with Crippen molar-refractivity contribution in [2.45, 2.75) is 56.6 Å².